The molecule has 0 saturated carbocycles. The van der Waals surface area contributed by atoms with Crippen molar-refractivity contribution < 1.29 is 4.74 Å². The quantitative estimate of drug-likeness (QED) is 0.810. The molecular weight excluding hydrogens is 258 g/mol. The summed E-state index contributed by atoms with van der Waals surface area (Å²) in [5, 5.41) is 3.47. The van der Waals surface area contributed by atoms with Gasteiger partial charge in [0.25, 0.3) is 0 Å². The van der Waals surface area contributed by atoms with Gasteiger partial charge < -0.3 is 10.1 Å². The van der Waals surface area contributed by atoms with Crippen molar-refractivity contribution in [3.8, 4) is 5.75 Å². The summed E-state index contributed by atoms with van der Waals surface area (Å²) in [5.74, 6) is 1.49. The van der Waals surface area contributed by atoms with Gasteiger partial charge in [-0.25, -0.2) is 0 Å². The normalized spacial score (nSPS) is 10.7. The largest absolute Gasteiger partial charge is 0.493 e. The van der Waals surface area contributed by atoms with Crippen molar-refractivity contribution in [2.75, 3.05) is 11.9 Å². The second kappa shape index (κ2) is 7.16. The van der Waals surface area contributed by atoms with E-state index < -0.39 is 0 Å². The van der Waals surface area contributed by atoms with Gasteiger partial charge in [0, 0.05) is 12.2 Å². The molecule has 0 bridgehead atoms. The van der Waals surface area contributed by atoms with E-state index >= 15 is 0 Å². The van der Waals surface area contributed by atoms with Crippen LogP contribution in [0.2, 0.25) is 0 Å². The molecule has 2 aromatic rings. The molecule has 0 aliphatic heterocycles. The Labute approximate surface area is 128 Å². The van der Waals surface area contributed by atoms with Crippen LogP contribution < -0.4 is 10.1 Å². The molecule has 0 saturated heterocycles. The third-order valence-corrected chi connectivity index (χ3v) is 3.49. The third kappa shape index (κ3) is 4.82. The van der Waals surface area contributed by atoms with Gasteiger partial charge in [-0.3, -0.25) is 0 Å². The molecule has 0 aliphatic rings. The first-order chi connectivity index (χ1) is 10.0. The number of anilines is 1. The molecule has 0 aliphatic carbocycles. The maximum absolute atomic E-state index is 5.77. The van der Waals surface area contributed by atoms with Crippen LogP contribution in [0.3, 0.4) is 0 Å². The molecule has 1 N–H and O–H groups in total. The molecule has 2 heteroatoms. The van der Waals surface area contributed by atoms with Crippen LogP contribution in [0.1, 0.15) is 30.5 Å². The molecule has 0 radical (unpaired) electrons. The summed E-state index contributed by atoms with van der Waals surface area (Å²) >= 11 is 0. The van der Waals surface area contributed by atoms with E-state index in [0.29, 0.717) is 5.92 Å². The lowest BCUT2D eigenvalue weighted by Gasteiger charge is -2.11. The Morgan fingerprint density at radius 3 is 2.52 bits per heavy atom. The van der Waals surface area contributed by atoms with Crippen molar-refractivity contribution in [1.82, 2.24) is 0 Å². The summed E-state index contributed by atoms with van der Waals surface area (Å²) in [6.45, 7) is 10.2. The van der Waals surface area contributed by atoms with Gasteiger partial charge in [-0.05, 0) is 60.7 Å². The van der Waals surface area contributed by atoms with Gasteiger partial charge in [0.2, 0.25) is 0 Å². The van der Waals surface area contributed by atoms with Crippen molar-refractivity contribution in [2.45, 2.75) is 34.2 Å². The van der Waals surface area contributed by atoms with E-state index in [1.807, 2.05) is 12.1 Å². The Hall–Kier alpha value is -1.96. The van der Waals surface area contributed by atoms with E-state index in [0.717, 1.165) is 24.6 Å². The number of hydrogen-bond acceptors (Lipinski definition) is 2. The lowest BCUT2D eigenvalue weighted by atomic mass is 10.1. The highest BCUT2D eigenvalue weighted by Gasteiger charge is 2.00. The van der Waals surface area contributed by atoms with Crippen LogP contribution in [0.5, 0.6) is 5.75 Å². The summed E-state index contributed by atoms with van der Waals surface area (Å²) in [4.78, 5) is 0. The predicted octanol–water partition coefficient (Wildman–Crippen LogP) is 4.95. The first-order valence-corrected chi connectivity index (χ1v) is 7.57. The highest BCUT2D eigenvalue weighted by atomic mass is 16.5. The van der Waals surface area contributed by atoms with E-state index in [4.69, 9.17) is 4.74 Å². The summed E-state index contributed by atoms with van der Waals surface area (Å²) in [6, 6.07) is 14.8. The van der Waals surface area contributed by atoms with E-state index in [9.17, 15) is 0 Å². The average molecular weight is 283 g/mol. The van der Waals surface area contributed by atoms with Gasteiger partial charge in [-0.15, -0.1) is 0 Å². The maximum atomic E-state index is 5.77. The number of nitrogens with one attached hydrogen (secondary N) is 1. The second-order valence-corrected chi connectivity index (χ2v) is 6.00. The smallest absolute Gasteiger partial charge is 0.119 e. The SMILES string of the molecule is Cc1ccc(NCc2cccc(OCC(C)C)c2)cc1C. The predicted molar refractivity (Wildman–Crippen MR) is 90.0 cm³/mol. The monoisotopic (exact) mass is 283 g/mol. The molecule has 0 aromatic heterocycles. The molecular formula is C19H25NO. The molecule has 0 spiro atoms. The van der Waals surface area contributed by atoms with E-state index in [1.165, 1.54) is 16.7 Å². The van der Waals surface area contributed by atoms with Crippen LogP contribution in [-0.2, 0) is 6.54 Å². The van der Waals surface area contributed by atoms with Gasteiger partial charge in [0.1, 0.15) is 5.75 Å². The van der Waals surface area contributed by atoms with Crippen LogP contribution in [0.15, 0.2) is 42.5 Å². The number of rotatable bonds is 6. The lowest BCUT2D eigenvalue weighted by molar-refractivity contribution is 0.271. The minimum absolute atomic E-state index is 0.544. The molecule has 0 heterocycles. The Morgan fingerprint density at radius 1 is 1.00 bits per heavy atom. The van der Waals surface area contributed by atoms with Crippen LogP contribution in [0, 0.1) is 19.8 Å². The minimum Gasteiger partial charge on any atom is -0.493 e. The molecule has 112 valence electrons. The zero-order valence-corrected chi connectivity index (χ0v) is 13.4. The summed E-state index contributed by atoms with van der Waals surface area (Å²) in [5.41, 5.74) is 5.03. The van der Waals surface area contributed by atoms with Crippen molar-refractivity contribution in [1.29, 1.82) is 0 Å². The van der Waals surface area contributed by atoms with Crippen molar-refractivity contribution in [2.24, 2.45) is 5.92 Å². The average Bonchev–Trinajstić information content (AvgIpc) is 2.47. The Balaban J connectivity index is 1.96. The second-order valence-electron chi connectivity index (χ2n) is 6.00. The minimum atomic E-state index is 0.544. The van der Waals surface area contributed by atoms with Crippen molar-refractivity contribution >= 4 is 5.69 Å². The lowest BCUT2D eigenvalue weighted by Crippen LogP contribution is -2.05. The molecule has 2 nitrogen and oxygen atoms in total. The Kier molecular flexibility index (Phi) is 5.26. The first kappa shape index (κ1) is 15.4. The molecule has 21 heavy (non-hydrogen) atoms. The van der Waals surface area contributed by atoms with Gasteiger partial charge >= 0.3 is 0 Å². The standard InChI is InChI=1S/C19H25NO/c1-14(2)13-21-19-7-5-6-17(11-19)12-20-18-9-8-15(3)16(4)10-18/h5-11,14,20H,12-13H2,1-4H3. The summed E-state index contributed by atoms with van der Waals surface area (Å²) < 4.78 is 5.77. The number of benzene rings is 2. The molecule has 2 aromatic carbocycles. The Morgan fingerprint density at radius 2 is 1.81 bits per heavy atom. The molecule has 0 unspecified atom stereocenters. The first-order valence-electron chi connectivity index (χ1n) is 7.57. The van der Waals surface area contributed by atoms with Crippen LogP contribution >= 0.6 is 0 Å². The van der Waals surface area contributed by atoms with E-state index in [-0.39, 0.29) is 0 Å². The fraction of sp³-hybridized carbons (Fsp3) is 0.368. The van der Waals surface area contributed by atoms with Crippen LogP contribution in [-0.4, -0.2) is 6.61 Å². The van der Waals surface area contributed by atoms with Gasteiger partial charge in [0.05, 0.1) is 6.61 Å². The van der Waals surface area contributed by atoms with Crippen molar-refractivity contribution in [3.63, 3.8) is 0 Å². The number of hydrogen-bond donors (Lipinski definition) is 1. The van der Waals surface area contributed by atoms with Crippen molar-refractivity contribution in [3.05, 3.63) is 59.2 Å². The van der Waals surface area contributed by atoms with Gasteiger partial charge in [-0.2, -0.15) is 0 Å². The van der Waals surface area contributed by atoms with Gasteiger partial charge in [-0.1, -0.05) is 32.0 Å². The molecule has 0 fully saturated rings. The third-order valence-electron chi connectivity index (χ3n) is 3.49. The summed E-state index contributed by atoms with van der Waals surface area (Å²) in [6.07, 6.45) is 0. The number of aryl methyl sites for hydroxylation is 2. The Bertz CT molecular complexity index is 590. The summed E-state index contributed by atoms with van der Waals surface area (Å²) in [7, 11) is 0. The fourth-order valence-corrected chi connectivity index (χ4v) is 2.06. The highest BCUT2D eigenvalue weighted by molar-refractivity contribution is 5.48. The van der Waals surface area contributed by atoms with E-state index in [1.54, 1.807) is 0 Å². The van der Waals surface area contributed by atoms with Crippen LogP contribution in [0.25, 0.3) is 0 Å². The fourth-order valence-electron chi connectivity index (χ4n) is 2.06. The number of ether oxygens (including phenoxy) is 1. The maximum Gasteiger partial charge on any atom is 0.119 e. The van der Waals surface area contributed by atoms with Gasteiger partial charge in [0.15, 0.2) is 0 Å². The zero-order valence-electron chi connectivity index (χ0n) is 13.4. The molecule has 0 atom stereocenters. The van der Waals surface area contributed by atoms with Crippen LogP contribution in [0.4, 0.5) is 5.69 Å². The molecule has 2 rings (SSSR count). The molecule has 0 amide bonds. The topological polar surface area (TPSA) is 21.3 Å². The zero-order chi connectivity index (χ0) is 15.2. The highest BCUT2D eigenvalue weighted by Crippen LogP contribution is 2.18. The van der Waals surface area contributed by atoms with E-state index in [2.05, 4.69) is 63.3 Å².